The van der Waals surface area contributed by atoms with Crippen LogP contribution >= 0.6 is 15.9 Å². The Kier molecular flexibility index (Phi) is 6.10. The standard InChI is InChI=1S/C10H17BrN4O/c1-3-16-6-4-5-13-10-8(11)9(12-2)14-7-15-10/h7H,3-6H2,1-2H3,(H2,12,13,14,15). The first kappa shape index (κ1) is 13.2. The van der Waals surface area contributed by atoms with Gasteiger partial charge in [0, 0.05) is 26.8 Å². The Balaban J connectivity index is 2.41. The molecule has 0 saturated heterocycles. The van der Waals surface area contributed by atoms with E-state index in [9.17, 15) is 0 Å². The maximum Gasteiger partial charge on any atom is 0.145 e. The van der Waals surface area contributed by atoms with E-state index in [2.05, 4.69) is 36.5 Å². The Labute approximate surface area is 104 Å². The summed E-state index contributed by atoms with van der Waals surface area (Å²) in [6, 6.07) is 0. The highest BCUT2D eigenvalue weighted by Gasteiger charge is 2.05. The van der Waals surface area contributed by atoms with Crippen LogP contribution in [0.3, 0.4) is 0 Å². The van der Waals surface area contributed by atoms with Crippen LogP contribution in [-0.4, -0.2) is 36.8 Å². The van der Waals surface area contributed by atoms with Gasteiger partial charge in [0.2, 0.25) is 0 Å². The van der Waals surface area contributed by atoms with Crippen molar-refractivity contribution in [3.63, 3.8) is 0 Å². The largest absolute Gasteiger partial charge is 0.382 e. The normalized spacial score (nSPS) is 10.2. The monoisotopic (exact) mass is 288 g/mol. The van der Waals surface area contributed by atoms with Gasteiger partial charge < -0.3 is 15.4 Å². The lowest BCUT2D eigenvalue weighted by atomic mass is 10.4. The van der Waals surface area contributed by atoms with Crippen LogP contribution in [0.25, 0.3) is 0 Å². The minimum Gasteiger partial charge on any atom is -0.382 e. The van der Waals surface area contributed by atoms with Crippen LogP contribution in [0.15, 0.2) is 10.8 Å². The molecule has 0 aliphatic carbocycles. The Hall–Kier alpha value is -0.880. The Morgan fingerprint density at radius 2 is 2.12 bits per heavy atom. The number of ether oxygens (including phenoxy) is 1. The number of hydrogen-bond donors (Lipinski definition) is 2. The third-order valence-electron chi connectivity index (χ3n) is 1.99. The van der Waals surface area contributed by atoms with Gasteiger partial charge in [-0.3, -0.25) is 0 Å². The zero-order valence-corrected chi connectivity index (χ0v) is 11.2. The van der Waals surface area contributed by atoms with Crippen LogP contribution in [0, 0.1) is 0 Å². The molecule has 0 atom stereocenters. The first-order valence-corrected chi connectivity index (χ1v) is 6.08. The molecule has 16 heavy (non-hydrogen) atoms. The second-order valence-electron chi connectivity index (χ2n) is 3.11. The molecule has 0 spiro atoms. The predicted octanol–water partition coefficient (Wildman–Crippen LogP) is 2.12. The maximum atomic E-state index is 5.25. The van der Waals surface area contributed by atoms with Gasteiger partial charge in [0.05, 0.1) is 0 Å². The van der Waals surface area contributed by atoms with Gasteiger partial charge in [0.25, 0.3) is 0 Å². The molecule has 0 unspecified atom stereocenters. The zero-order chi connectivity index (χ0) is 11.8. The van der Waals surface area contributed by atoms with E-state index in [0.717, 1.165) is 42.3 Å². The second kappa shape index (κ2) is 7.40. The topological polar surface area (TPSA) is 59.1 Å². The van der Waals surface area contributed by atoms with E-state index in [-0.39, 0.29) is 0 Å². The van der Waals surface area contributed by atoms with E-state index in [4.69, 9.17) is 4.74 Å². The average molecular weight is 289 g/mol. The quantitative estimate of drug-likeness (QED) is 0.753. The van der Waals surface area contributed by atoms with Crippen molar-refractivity contribution in [1.82, 2.24) is 9.97 Å². The van der Waals surface area contributed by atoms with Crippen molar-refractivity contribution in [2.24, 2.45) is 0 Å². The van der Waals surface area contributed by atoms with Crippen molar-refractivity contribution in [1.29, 1.82) is 0 Å². The Morgan fingerprint density at radius 1 is 1.38 bits per heavy atom. The van der Waals surface area contributed by atoms with Crippen LogP contribution in [0.2, 0.25) is 0 Å². The molecule has 0 aliphatic heterocycles. The van der Waals surface area contributed by atoms with Gasteiger partial charge in [0.1, 0.15) is 22.4 Å². The summed E-state index contributed by atoms with van der Waals surface area (Å²) in [6.07, 6.45) is 2.49. The predicted molar refractivity (Wildman–Crippen MR) is 68.9 cm³/mol. The van der Waals surface area contributed by atoms with Crippen LogP contribution in [-0.2, 0) is 4.74 Å². The van der Waals surface area contributed by atoms with E-state index in [0.29, 0.717) is 0 Å². The molecule has 1 rings (SSSR count). The third-order valence-corrected chi connectivity index (χ3v) is 2.74. The molecule has 0 radical (unpaired) electrons. The van der Waals surface area contributed by atoms with E-state index in [1.165, 1.54) is 6.33 Å². The number of nitrogens with one attached hydrogen (secondary N) is 2. The van der Waals surface area contributed by atoms with Crippen LogP contribution in [0.4, 0.5) is 11.6 Å². The Bertz CT molecular complexity index is 322. The fraction of sp³-hybridized carbons (Fsp3) is 0.600. The minimum atomic E-state index is 0.765. The van der Waals surface area contributed by atoms with Crippen molar-refractivity contribution in [2.75, 3.05) is 37.4 Å². The minimum absolute atomic E-state index is 0.765. The summed E-state index contributed by atoms with van der Waals surface area (Å²) in [4.78, 5) is 8.24. The molecule has 1 aromatic heterocycles. The van der Waals surface area contributed by atoms with Crippen LogP contribution in [0.1, 0.15) is 13.3 Å². The number of hydrogen-bond acceptors (Lipinski definition) is 5. The number of anilines is 2. The van der Waals surface area contributed by atoms with Gasteiger partial charge in [-0.05, 0) is 29.3 Å². The van der Waals surface area contributed by atoms with Crippen molar-refractivity contribution < 1.29 is 4.74 Å². The van der Waals surface area contributed by atoms with E-state index in [1.54, 1.807) is 0 Å². The number of rotatable bonds is 7. The number of halogens is 1. The van der Waals surface area contributed by atoms with E-state index >= 15 is 0 Å². The SMILES string of the molecule is CCOCCCNc1ncnc(NC)c1Br. The summed E-state index contributed by atoms with van der Waals surface area (Å²) in [5, 5.41) is 6.21. The lowest BCUT2D eigenvalue weighted by Crippen LogP contribution is -2.08. The molecular weight excluding hydrogens is 272 g/mol. The van der Waals surface area contributed by atoms with Crippen LogP contribution < -0.4 is 10.6 Å². The molecule has 2 N–H and O–H groups in total. The van der Waals surface area contributed by atoms with Gasteiger partial charge in [-0.15, -0.1) is 0 Å². The van der Waals surface area contributed by atoms with Crippen LogP contribution in [0.5, 0.6) is 0 Å². The van der Waals surface area contributed by atoms with E-state index < -0.39 is 0 Å². The number of nitrogens with zero attached hydrogens (tertiary/aromatic N) is 2. The highest BCUT2D eigenvalue weighted by atomic mass is 79.9. The van der Waals surface area contributed by atoms with Gasteiger partial charge >= 0.3 is 0 Å². The van der Waals surface area contributed by atoms with E-state index in [1.807, 2.05) is 14.0 Å². The summed E-state index contributed by atoms with van der Waals surface area (Å²) in [7, 11) is 1.83. The molecule has 0 aromatic carbocycles. The molecule has 1 aromatic rings. The second-order valence-corrected chi connectivity index (χ2v) is 3.91. The summed E-state index contributed by atoms with van der Waals surface area (Å²) in [5.74, 6) is 1.58. The molecule has 0 fully saturated rings. The first-order valence-electron chi connectivity index (χ1n) is 5.29. The Morgan fingerprint density at radius 3 is 2.81 bits per heavy atom. The molecule has 1 heterocycles. The molecule has 6 heteroatoms. The third kappa shape index (κ3) is 3.94. The summed E-state index contributed by atoms with van der Waals surface area (Å²) < 4.78 is 6.11. The maximum absolute atomic E-state index is 5.25. The molecule has 0 saturated carbocycles. The van der Waals surface area contributed by atoms with Crippen molar-refractivity contribution >= 4 is 27.6 Å². The highest BCUT2D eigenvalue weighted by Crippen LogP contribution is 2.25. The summed E-state index contributed by atoms with van der Waals surface area (Å²) in [5.41, 5.74) is 0. The first-order chi connectivity index (χ1) is 7.79. The fourth-order valence-corrected chi connectivity index (χ4v) is 1.74. The smallest absolute Gasteiger partial charge is 0.145 e. The molecular formula is C10H17BrN4O. The van der Waals surface area contributed by atoms with Crippen molar-refractivity contribution in [2.45, 2.75) is 13.3 Å². The average Bonchev–Trinajstić information content (AvgIpc) is 2.31. The van der Waals surface area contributed by atoms with Gasteiger partial charge in [-0.1, -0.05) is 0 Å². The lowest BCUT2D eigenvalue weighted by Gasteiger charge is -2.09. The molecule has 0 aliphatic rings. The zero-order valence-electron chi connectivity index (χ0n) is 9.59. The summed E-state index contributed by atoms with van der Waals surface area (Å²) >= 11 is 3.44. The molecule has 90 valence electrons. The molecule has 0 bridgehead atoms. The molecule has 0 amide bonds. The van der Waals surface area contributed by atoms with Gasteiger partial charge in [0.15, 0.2) is 0 Å². The lowest BCUT2D eigenvalue weighted by molar-refractivity contribution is 0.147. The van der Waals surface area contributed by atoms with Gasteiger partial charge in [-0.2, -0.15) is 0 Å². The number of aromatic nitrogens is 2. The van der Waals surface area contributed by atoms with Gasteiger partial charge in [-0.25, -0.2) is 9.97 Å². The summed E-state index contributed by atoms with van der Waals surface area (Å²) in [6.45, 7) is 4.36. The van der Waals surface area contributed by atoms with Crippen molar-refractivity contribution in [3.8, 4) is 0 Å². The molecule has 5 nitrogen and oxygen atoms in total. The fourth-order valence-electron chi connectivity index (χ4n) is 1.19. The highest BCUT2D eigenvalue weighted by molar-refractivity contribution is 9.10. The van der Waals surface area contributed by atoms with Crippen molar-refractivity contribution in [3.05, 3.63) is 10.8 Å².